The van der Waals surface area contributed by atoms with Gasteiger partial charge in [-0.15, -0.1) is 24.0 Å². The van der Waals surface area contributed by atoms with Gasteiger partial charge in [0.25, 0.3) is 0 Å². The number of sulfone groups is 1. The molecule has 2 heterocycles. The Kier molecular flexibility index (Phi) is 8.60. The van der Waals surface area contributed by atoms with Crippen LogP contribution in [0, 0.1) is 18.8 Å². The van der Waals surface area contributed by atoms with E-state index >= 15 is 0 Å². The summed E-state index contributed by atoms with van der Waals surface area (Å²) in [6, 6.07) is 8.79. The van der Waals surface area contributed by atoms with Crippen LogP contribution in [-0.2, 0) is 9.84 Å². The van der Waals surface area contributed by atoms with Crippen LogP contribution in [-0.4, -0.2) is 57.0 Å². The van der Waals surface area contributed by atoms with Crippen molar-refractivity contribution in [2.24, 2.45) is 16.8 Å². The van der Waals surface area contributed by atoms with Crippen molar-refractivity contribution in [1.29, 1.82) is 0 Å². The van der Waals surface area contributed by atoms with Crippen LogP contribution < -0.4 is 5.32 Å². The number of nitrogens with one attached hydrogen (secondary N) is 1. The second-order valence-electron chi connectivity index (χ2n) is 8.55. The number of halogens is 1. The highest BCUT2D eigenvalue weighted by Crippen LogP contribution is 2.28. The molecular formula is C21H34IN3O2S. The number of nitrogens with zero attached hydrogens (tertiary/aromatic N) is 2. The Labute approximate surface area is 187 Å². The highest BCUT2D eigenvalue weighted by Gasteiger charge is 2.30. The minimum absolute atomic E-state index is 0. The van der Waals surface area contributed by atoms with Crippen molar-refractivity contribution in [3.8, 4) is 0 Å². The molecule has 158 valence electrons. The molecule has 0 saturated carbocycles. The molecule has 1 N–H and O–H groups in total. The zero-order chi connectivity index (χ0) is 19.4. The molecule has 7 heteroatoms. The van der Waals surface area contributed by atoms with Crippen LogP contribution in [0.25, 0.3) is 0 Å². The van der Waals surface area contributed by atoms with Crippen molar-refractivity contribution in [3.63, 3.8) is 0 Å². The van der Waals surface area contributed by atoms with Crippen LogP contribution in [0.4, 0.5) is 0 Å². The van der Waals surface area contributed by atoms with Crippen LogP contribution in [0.5, 0.6) is 0 Å². The van der Waals surface area contributed by atoms with E-state index in [1.54, 1.807) is 0 Å². The number of benzene rings is 1. The predicted octanol–water partition coefficient (Wildman–Crippen LogP) is 3.44. The third-order valence-corrected chi connectivity index (χ3v) is 7.32. The number of hydrogen-bond acceptors (Lipinski definition) is 3. The summed E-state index contributed by atoms with van der Waals surface area (Å²) in [6.45, 7) is 9.93. The molecule has 2 unspecified atom stereocenters. The fourth-order valence-electron chi connectivity index (χ4n) is 3.95. The summed E-state index contributed by atoms with van der Waals surface area (Å²) < 4.78 is 23.4. The lowest BCUT2D eigenvalue weighted by atomic mass is 9.97. The van der Waals surface area contributed by atoms with E-state index in [0.29, 0.717) is 29.9 Å². The van der Waals surface area contributed by atoms with Crippen LogP contribution in [0.15, 0.2) is 29.3 Å². The molecule has 0 aliphatic carbocycles. The van der Waals surface area contributed by atoms with E-state index in [1.807, 2.05) is 0 Å². The smallest absolute Gasteiger partial charge is 0.193 e. The van der Waals surface area contributed by atoms with Crippen LogP contribution in [0.3, 0.4) is 0 Å². The van der Waals surface area contributed by atoms with E-state index in [-0.39, 0.29) is 29.9 Å². The largest absolute Gasteiger partial charge is 0.356 e. The minimum atomic E-state index is -2.83. The minimum Gasteiger partial charge on any atom is -0.356 e. The molecule has 2 fully saturated rings. The molecule has 28 heavy (non-hydrogen) atoms. The first kappa shape index (κ1) is 23.4. The number of aryl methyl sites for hydroxylation is 1. The molecule has 5 nitrogen and oxygen atoms in total. The lowest BCUT2D eigenvalue weighted by molar-refractivity contribution is 0.466. The average Bonchev–Trinajstić information content (AvgIpc) is 3.21. The highest BCUT2D eigenvalue weighted by molar-refractivity contribution is 14.0. The number of likely N-dealkylation sites (tertiary alicyclic amines) is 1. The lowest BCUT2D eigenvalue weighted by Crippen LogP contribution is -2.42. The average molecular weight is 519 g/mol. The van der Waals surface area contributed by atoms with Crippen LogP contribution >= 0.6 is 24.0 Å². The summed E-state index contributed by atoms with van der Waals surface area (Å²) >= 11 is 0. The van der Waals surface area contributed by atoms with Crippen molar-refractivity contribution in [3.05, 3.63) is 35.4 Å². The topological polar surface area (TPSA) is 61.8 Å². The number of rotatable bonds is 5. The van der Waals surface area contributed by atoms with E-state index in [1.165, 1.54) is 11.1 Å². The van der Waals surface area contributed by atoms with Gasteiger partial charge >= 0.3 is 0 Å². The van der Waals surface area contributed by atoms with Crippen molar-refractivity contribution >= 4 is 39.8 Å². The van der Waals surface area contributed by atoms with Gasteiger partial charge in [0.1, 0.15) is 0 Å². The SMILES string of the molecule is Cc1cccc(C2CCN(C(=NCC(C)C)NCC3CCS(=O)(=O)C3)C2)c1.I. The Morgan fingerprint density at radius 3 is 2.75 bits per heavy atom. The summed E-state index contributed by atoms with van der Waals surface area (Å²) in [4.78, 5) is 7.18. The van der Waals surface area contributed by atoms with Crippen molar-refractivity contribution in [1.82, 2.24) is 10.2 Å². The maximum absolute atomic E-state index is 11.7. The van der Waals surface area contributed by atoms with Crippen LogP contribution in [0.1, 0.15) is 43.7 Å². The molecule has 1 aromatic rings. The van der Waals surface area contributed by atoms with Crippen molar-refractivity contribution < 1.29 is 8.42 Å². The molecule has 0 aromatic heterocycles. The summed E-state index contributed by atoms with van der Waals surface area (Å²) in [5.41, 5.74) is 2.71. The van der Waals surface area contributed by atoms with Gasteiger partial charge in [0.05, 0.1) is 11.5 Å². The molecule has 0 spiro atoms. The number of aliphatic imine (C=N–C) groups is 1. The van der Waals surface area contributed by atoms with E-state index in [9.17, 15) is 8.42 Å². The number of guanidine groups is 1. The maximum atomic E-state index is 11.7. The Balaban J connectivity index is 0.00000280. The third kappa shape index (κ3) is 6.61. The fourth-order valence-corrected chi connectivity index (χ4v) is 5.82. The van der Waals surface area contributed by atoms with Gasteiger partial charge in [-0.3, -0.25) is 4.99 Å². The fraction of sp³-hybridized carbons (Fsp3) is 0.667. The molecule has 2 aliphatic rings. The van der Waals surface area contributed by atoms with Gasteiger partial charge in [-0.05, 0) is 37.2 Å². The Bertz CT molecular complexity index is 780. The summed E-state index contributed by atoms with van der Waals surface area (Å²) in [7, 11) is -2.83. The third-order valence-electron chi connectivity index (χ3n) is 5.48. The van der Waals surface area contributed by atoms with Gasteiger partial charge in [-0.25, -0.2) is 8.42 Å². The summed E-state index contributed by atoms with van der Waals surface area (Å²) in [6.07, 6.45) is 1.89. The second kappa shape index (κ2) is 10.3. The standard InChI is InChI=1S/C21H33N3O2S.HI/c1-16(2)12-22-21(23-13-18-8-10-27(25,26)15-18)24-9-7-20(14-24)19-6-4-5-17(3)11-19;/h4-6,11,16,18,20H,7-10,12-15H2,1-3H3,(H,22,23);1H. The summed E-state index contributed by atoms with van der Waals surface area (Å²) in [5.74, 6) is 2.82. The predicted molar refractivity (Wildman–Crippen MR) is 127 cm³/mol. The van der Waals surface area contributed by atoms with Crippen molar-refractivity contribution in [2.75, 3.05) is 37.7 Å². The zero-order valence-corrected chi connectivity index (χ0v) is 20.4. The first-order valence-corrected chi connectivity index (χ1v) is 11.9. The Morgan fingerprint density at radius 1 is 1.32 bits per heavy atom. The van der Waals surface area contributed by atoms with Crippen molar-refractivity contribution in [2.45, 2.75) is 39.5 Å². The maximum Gasteiger partial charge on any atom is 0.193 e. The molecule has 3 rings (SSSR count). The Morgan fingerprint density at radius 2 is 2.11 bits per heavy atom. The second-order valence-corrected chi connectivity index (χ2v) is 10.8. The Hall–Kier alpha value is -0.830. The van der Waals surface area contributed by atoms with Gasteiger partial charge in [0.15, 0.2) is 15.8 Å². The molecule has 2 saturated heterocycles. The van der Waals surface area contributed by atoms with Gasteiger partial charge in [-0.2, -0.15) is 0 Å². The first-order valence-electron chi connectivity index (χ1n) is 10.1. The molecule has 2 atom stereocenters. The molecular weight excluding hydrogens is 485 g/mol. The van der Waals surface area contributed by atoms with Gasteiger partial charge < -0.3 is 10.2 Å². The van der Waals surface area contributed by atoms with E-state index in [4.69, 9.17) is 4.99 Å². The molecule has 2 aliphatic heterocycles. The highest BCUT2D eigenvalue weighted by atomic mass is 127. The quantitative estimate of drug-likeness (QED) is 0.368. The monoisotopic (exact) mass is 519 g/mol. The van der Waals surface area contributed by atoms with Gasteiger partial charge in [0.2, 0.25) is 0 Å². The van der Waals surface area contributed by atoms with E-state index in [2.05, 4.69) is 55.3 Å². The molecule has 0 bridgehead atoms. The molecule has 0 amide bonds. The first-order chi connectivity index (χ1) is 12.8. The summed E-state index contributed by atoms with van der Waals surface area (Å²) in [5, 5.41) is 3.49. The number of hydrogen-bond donors (Lipinski definition) is 1. The lowest BCUT2D eigenvalue weighted by Gasteiger charge is -2.24. The van der Waals surface area contributed by atoms with Crippen LogP contribution in [0.2, 0.25) is 0 Å². The van der Waals surface area contributed by atoms with E-state index in [0.717, 1.165) is 38.4 Å². The zero-order valence-electron chi connectivity index (χ0n) is 17.2. The van der Waals surface area contributed by atoms with Gasteiger partial charge in [0, 0.05) is 32.1 Å². The van der Waals surface area contributed by atoms with Gasteiger partial charge in [-0.1, -0.05) is 43.7 Å². The van der Waals surface area contributed by atoms with E-state index < -0.39 is 9.84 Å². The molecule has 1 aromatic carbocycles. The normalized spacial score (nSPS) is 24.4. The molecule has 0 radical (unpaired) electrons.